The zero-order chi connectivity index (χ0) is 24.6. The lowest BCUT2D eigenvalue weighted by Crippen LogP contribution is -2.49. The number of halogens is 2. The molecule has 1 saturated carbocycles. The van der Waals surface area contributed by atoms with E-state index < -0.39 is 29.3 Å². The Balaban J connectivity index is 1.63. The molecule has 178 valence electrons. The van der Waals surface area contributed by atoms with Gasteiger partial charge in [0, 0.05) is 18.8 Å². The molecule has 1 aliphatic carbocycles. The number of aliphatic hydroxyl groups excluding tert-OH is 1. The number of nitrogen functional groups attached to an aromatic ring is 1. The molecule has 4 atom stereocenters. The van der Waals surface area contributed by atoms with Crippen LogP contribution in [0, 0.1) is 17.7 Å². The summed E-state index contributed by atoms with van der Waals surface area (Å²) in [6, 6.07) is 6.44. The Morgan fingerprint density at radius 1 is 1.18 bits per heavy atom. The van der Waals surface area contributed by atoms with E-state index in [-0.39, 0.29) is 41.0 Å². The molecule has 0 radical (unpaired) electrons. The van der Waals surface area contributed by atoms with Crippen molar-refractivity contribution >= 4 is 11.5 Å². The second kappa shape index (κ2) is 9.15. The van der Waals surface area contributed by atoms with Gasteiger partial charge in [-0.2, -0.15) is 4.39 Å². The zero-order valence-electron chi connectivity index (χ0n) is 18.9. The van der Waals surface area contributed by atoms with Gasteiger partial charge in [0.2, 0.25) is 5.95 Å². The highest BCUT2D eigenvalue weighted by Crippen LogP contribution is 2.42. The largest absolute Gasteiger partial charge is 0.397 e. The summed E-state index contributed by atoms with van der Waals surface area (Å²) >= 11 is 0. The number of nitrogens with two attached hydrogens (primary N) is 1. The van der Waals surface area contributed by atoms with E-state index in [0.29, 0.717) is 18.4 Å². The zero-order valence-corrected chi connectivity index (χ0v) is 18.9. The van der Waals surface area contributed by atoms with Gasteiger partial charge in [0.05, 0.1) is 23.1 Å². The molecule has 1 fully saturated rings. The number of hydrogen-bond donors (Lipinski definition) is 3. The summed E-state index contributed by atoms with van der Waals surface area (Å²) < 4.78 is 27.7. The van der Waals surface area contributed by atoms with Crippen molar-refractivity contribution in [3.05, 3.63) is 71.3 Å². The summed E-state index contributed by atoms with van der Waals surface area (Å²) in [4.78, 5) is 25.1. The maximum absolute atomic E-state index is 14.2. The molecule has 0 aliphatic heterocycles. The third-order valence-corrected chi connectivity index (χ3v) is 6.80. The van der Waals surface area contributed by atoms with Gasteiger partial charge in [0.15, 0.2) is 11.6 Å². The Bertz CT molecular complexity index is 1220. The van der Waals surface area contributed by atoms with Crippen molar-refractivity contribution in [2.75, 3.05) is 5.73 Å². The molecule has 7 nitrogen and oxygen atoms in total. The number of carbonyl (C=O) groups excluding carboxylic acids is 1. The van der Waals surface area contributed by atoms with Gasteiger partial charge in [-0.25, -0.2) is 14.4 Å². The number of rotatable bonds is 5. The third-order valence-electron chi connectivity index (χ3n) is 6.80. The Hall–Kier alpha value is -3.30. The maximum atomic E-state index is 14.2. The second-order valence-electron chi connectivity index (χ2n) is 9.08. The second-order valence-corrected chi connectivity index (χ2v) is 9.08. The molecule has 3 aromatic rings. The SMILES string of the molecule is C[C@H]1C[C@@H](c2ccncc2CC(=O)c2nc(-c3nc(F)ccc3F)ccc2N)C[C@@H](O)[C@]1(C)O. The Morgan fingerprint density at radius 3 is 2.68 bits per heavy atom. The topological polar surface area (TPSA) is 122 Å². The van der Waals surface area contributed by atoms with Crippen LogP contribution in [0.25, 0.3) is 11.4 Å². The normalized spacial score (nSPS) is 24.7. The van der Waals surface area contributed by atoms with Crippen molar-refractivity contribution < 1.29 is 23.8 Å². The molecule has 3 heterocycles. The molecule has 1 aliphatic rings. The molecule has 0 unspecified atom stereocenters. The highest BCUT2D eigenvalue weighted by molar-refractivity contribution is 6.00. The van der Waals surface area contributed by atoms with Gasteiger partial charge < -0.3 is 15.9 Å². The van der Waals surface area contributed by atoms with Crippen LogP contribution in [0.1, 0.15) is 54.2 Å². The fourth-order valence-electron chi connectivity index (χ4n) is 4.52. The minimum atomic E-state index is -1.18. The van der Waals surface area contributed by atoms with Crippen LogP contribution in [0.3, 0.4) is 0 Å². The van der Waals surface area contributed by atoms with Crippen LogP contribution in [0.2, 0.25) is 0 Å². The number of nitrogens with zero attached hydrogens (tertiary/aromatic N) is 3. The number of hydrogen-bond acceptors (Lipinski definition) is 7. The number of ketones is 1. The Morgan fingerprint density at radius 2 is 1.94 bits per heavy atom. The van der Waals surface area contributed by atoms with Crippen LogP contribution in [0.15, 0.2) is 42.7 Å². The highest BCUT2D eigenvalue weighted by atomic mass is 19.1. The van der Waals surface area contributed by atoms with Crippen molar-refractivity contribution in [1.82, 2.24) is 15.0 Å². The number of anilines is 1. The number of aromatic nitrogens is 3. The average Bonchev–Trinajstić information content (AvgIpc) is 2.80. The molecule has 34 heavy (non-hydrogen) atoms. The standard InChI is InChI=1S/C25H26F2N4O3/c1-13-9-14(11-21(33)25(13,2)34)16-7-8-29-12-15(16)10-20(32)24-18(28)4-5-19(30-24)23-17(26)3-6-22(27)31-23/h3-8,12-14,21,33-34H,9-11,28H2,1-2H3/t13-,14+,21+,25+/m0/s1. The Labute approximate surface area is 195 Å². The van der Waals surface area contributed by atoms with Crippen molar-refractivity contribution in [3.63, 3.8) is 0 Å². The summed E-state index contributed by atoms with van der Waals surface area (Å²) in [6.07, 6.45) is 3.23. The molecule has 0 amide bonds. The van der Waals surface area contributed by atoms with E-state index in [2.05, 4.69) is 15.0 Å². The van der Waals surface area contributed by atoms with Gasteiger partial charge in [-0.3, -0.25) is 9.78 Å². The van der Waals surface area contributed by atoms with E-state index in [4.69, 9.17) is 5.73 Å². The Kier molecular flexibility index (Phi) is 6.42. The van der Waals surface area contributed by atoms with E-state index >= 15 is 0 Å². The first-order valence-electron chi connectivity index (χ1n) is 11.0. The van der Waals surface area contributed by atoms with E-state index in [1.54, 1.807) is 19.3 Å². The quantitative estimate of drug-likeness (QED) is 0.387. The van der Waals surface area contributed by atoms with Crippen LogP contribution in [0.5, 0.6) is 0 Å². The van der Waals surface area contributed by atoms with E-state index in [1.165, 1.54) is 12.1 Å². The number of aliphatic hydroxyl groups is 2. The molecule has 3 aromatic heterocycles. The van der Waals surface area contributed by atoms with Gasteiger partial charge in [0.1, 0.15) is 11.4 Å². The van der Waals surface area contributed by atoms with Crippen LogP contribution < -0.4 is 5.73 Å². The van der Waals surface area contributed by atoms with E-state index in [0.717, 1.165) is 17.7 Å². The summed E-state index contributed by atoms with van der Waals surface area (Å²) in [5.74, 6) is -2.28. The molecule has 9 heteroatoms. The summed E-state index contributed by atoms with van der Waals surface area (Å²) in [5, 5.41) is 21.0. The minimum absolute atomic E-state index is 0.00702. The molecule has 4 rings (SSSR count). The number of Topliss-reactive ketones (excluding diaryl/α,β-unsaturated/α-hetero) is 1. The predicted octanol–water partition coefficient (Wildman–Crippen LogP) is 3.45. The average molecular weight is 469 g/mol. The fraction of sp³-hybridized carbons (Fsp3) is 0.360. The van der Waals surface area contributed by atoms with Crippen LogP contribution >= 0.6 is 0 Å². The van der Waals surface area contributed by atoms with Gasteiger partial charge in [-0.1, -0.05) is 6.92 Å². The van der Waals surface area contributed by atoms with Gasteiger partial charge in [-0.15, -0.1) is 0 Å². The summed E-state index contributed by atoms with van der Waals surface area (Å²) in [5.41, 5.74) is 6.03. The van der Waals surface area contributed by atoms with Gasteiger partial charge >= 0.3 is 0 Å². The van der Waals surface area contributed by atoms with Crippen LogP contribution in [-0.2, 0) is 6.42 Å². The first kappa shape index (κ1) is 23.8. The van der Waals surface area contributed by atoms with Crippen LogP contribution in [-0.4, -0.2) is 42.7 Å². The van der Waals surface area contributed by atoms with Crippen molar-refractivity contribution in [3.8, 4) is 11.4 Å². The van der Waals surface area contributed by atoms with Crippen molar-refractivity contribution in [2.24, 2.45) is 5.92 Å². The number of pyridine rings is 3. The van der Waals surface area contributed by atoms with Gasteiger partial charge in [-0.05, 0) is 73.1 Å². The van der Waals surface area contributed by atoms with E-state index in [9.17, 15) is 23.8 Å². The van der Waals surface area contributed by atoms with Crippen molar-refractivity contribution in [1.29, 1.82) is 0 Å². The molecule has 0 spiro atoms. The lowest BCUT2D eigenvalue weighted by Gasteiger charge is -2.43. The minimum Gasteiger partial charge on any atom is -0.397 e. The highest BCUT2D eigenvalue weighted by Gasteiger charge is 2.43. The molecular formula is C25H26F2N4O3. The monoisotopic (exact) mass is 468 g/mol. The smallest absolute Gasteiger partial charge is 0.213 e. The third kappa shape index (κ3) is 4.53. The number of carbonyl (C=O) groups is 1. The van der Waals surface area contributed by atoms with Crippen LogP contribution in [0.4, 0.5) is 14.5 Å². The van der Waals surface area contributed by atoms with Gasteiger partial charge in [0.25, 0.3) is 0 Å². The van der Waals surface area contributed by atoms with E-state index in [1.807, 2.05) is 13.0 Å². The molecule has 0 saturated heterocycles. The summed E-state index contributed by atoms with van der Waals surface area (Å²) in [6.45, 7) is 3.52. The first-order valence-corrected chi connectivity index (χ1v) is 11.0. The molecule has 4 N–H and O–H groups in total. The molecular weight excluding hydrogens is 442 g/mol. The summed E-state index contributed by atoms with van der Waals surface area (Å²) in [7, 11) is 0. The molecule has 0 bridgehead atoms. The lowest BCUT2D eigenvalue weighted by atomic mass is 9.68. The predicted molar refractivity (Wildman–Crippen MR) is 122 cm³/mol. The fourth-order valence-corrected chi connectivity index (χ4v) is 4.52. The maximum Gasteiger partial charge on any atom is 0.213 e. The lowest BCUT2D eigenvalue weighted by molar-refractivity contribution is -0.123. The first-order chi connectivity index (χ1) is 16.1. The molecule has 0 aromatic carbocycles. The van der Waals surface area contributed by atoms with Crippen molar-refractivity contribution in [2.45, 2.75) is 50.7 Å².